The summed E-state index contributed by atoms with van der Waals surface area (Å²) < 4.78 is 43.4. The number of carbonyl (C=O) groups is 1. The topological polar surface area (TPSA) is 62.1 Å². The minimum atomic E-state index is -4.54. The lowest BCUT2D eigenvalue weighted by molar-refractivity contribution is -0.146. The van der Waals surface area contributed by atoms with Gasteiger partial charge in [0, 0.05) is 12.2 Å². The van der Waals surface area contributed by atoms with Gasteiger partial charge in [0.1, 0.15) is 0 Å². The third-order valence-corrected chi connectivity index (χ3v) is 2.74. The summed E-state index contributed by atoms with van der Waals surface area (Å²) in [5.74, 6) is -1.09. The number of rotatable bonds is 5. The molecule has 0 heterocycles. The summed E-state index contributed by atoms with van der Waals surface area (Å²) in [5, 5.41) is 11.3. The average Bonchev–Trinajstić information content (AvgIpc) is 2.43. The number of hydrogen-bond donors (Lipinski definition) is 1. The number of nitrogens with zero attached hydrogens (tertiary/aromatic N) is 1. The maximum absolute atomic E-state index is 12.9. The third-order valence-electron chi connectivity index (χ3n) is 2.74. The van der Waals surface area contributed by atoms with Crippen LogP contribution in [-0.2, 0) is 15.7 Å². The van der Waals surface area contributed by atoms with Crippen LogP contribution in [0.4, 0.5) is 18.9 Å². The molecule has 7 heteroatoms. The van der Waals surface area contributed by atoms with Gasteiger partial charge < -0.3 is 10.1 Å². The van der Waals surface area contributed by atoms with Crippen LogP contribution < -0.4 is 5.32 Å². The monoisotopic (exact) mass is 300 g/mol. The number of ether oxygens (including phenoxy) is 1. The van der Waals surface area contributed by atoms with Crippen molar-refractivity contribution in [1.29, 1.82) is 5.26 Å². The number of anilines is 1. The lowest BCUT2D eigenvalue weighted by atomic mass is 10.1. The fourth-order valence-electron chi connectivity index (χ4n) is 1.64. The van der Waals surface area contributed by atoms with Crippen LogP contribution in [-0.4, -0.2) is 19.1 Å². The van der Waals surface area contributed by atoms with Gasteiger partial charge in [-0.15, -0.1) is 0 Å². The van der Waals surface area contributed by atoms with Gasteiger partial charge in [0.2, 0.25) is 0 Å². The van der Waals surface area contributed by atoms with Crippen molar-refractivity contribution in [2.75, 3.05) is 18.5 Å². The van der Waals surface area contributed by atoms with Gasteiger partial charge in [0.05, 0.1) is 29.7 Å². The Balaban J connectivity index is 2.91. The highest BCUT2D eigenvalue weighted by molar-refractivity contribution is 5.73. The summed E-state index contributed by atoms with van der Waals surface area (Å²) in [5.41, 5.74) is -0.996. The molecule has 114 valence electrons. The molecule has 1 atom stereocenters. The van der Waals surface area contributed by atoms with Gasteiger partial charge in [-0.3, -0.25) is 4.79 Å². The van der Waals surface area contributed by atoms with Gasteiger partial charge in [-0.2, -0.15) is 18.4 Å². The molecule has 0 saturated heterocycles. The molecular weight excluding hydrogens is 285 g/mol. The van der Waals surface area contributed by atoms with Crippen molar-refractivity contribution in [3.8, 4) is 6.07 Å². The minimum absolute atomic E-state index is 0.0171. The van der Waals surface area contributed by atoms with E-state index in [9.17, 15) is 18.0 Å². The van der Waals surface area contributed by atoms with E-state index in [4.69, 9.17) is 10.00 Å². The van der Waals surface area contributed by atoms with Gasteiger partial charge >= 0.3 is 12.1 Å². The van der Waals surface area contributed by atoms with Crippen LogP contribution in [0, 0.1) is 17.2 Å². The van der Waals surface area contributed by atoms with E-state index in [1.165, 1.54) is 0 Å². The van der Waals surface area contributed by atoms with Crippen molar-refractivity contribution in [3.05, 3.63) is 29.3 Å². The lowest BCUT2D eigenvalue weighted by Crippen LogP contribution is -2.23. The molecule has 0 spiro atoms. The van der Waals surface area contributed by atoms with Crippen LogP contribution in [0.5, 0.6) is 0 Å². The van der Waals surface area contributed by atoms with Crippen LogP contribution in [0.2, 0.25) is 0 Å². The van der Waals surface area contributed by atoms with E-state index in [1.54, 1.807) is 19.9 Å². The summed E-state index contributed by atoms with van der Waals surface area (Å²) in [4.78, 5) is 11.4. The van der Waals surface area contributed by atoms with Crippen molar-refractivity contribution < 1.29 is 22.7 Å². The Kier molecular flexibility index (Phi) is 5.59. The molecule has 1 N–H and O–H groups in total. The second-order valence-electron chi connectivity index (χ2n) is 4.40. The number of nitrogens with one attached hydrogen (secondary N) is 1. The van der Waals surface area contributed by atoms with Crippen molar-refractivity contribution in [2.24, 2.45) is 5.92 Å². The first-order valence-electron chi connectivity index (χ1n) is 6.31. The van der Waals surface area contributed by atoms with Gasteiger partial charge in [0.25, 0.3) is 0 Å². The Morgan fingerprint density at radius 3 is 2.67 bits per heavy atom. The van der Waals surface area contributed by atoms with Crippen LogP contribution >= 0.6 is 0 Å². The minimum Gasteiger partial charge on any atom is -0.466 e. The molecule has 0 aliphatic rings. The summed E-state index contributed by atoms with van der Waals surface area (Å²) in [6, 6.07) is 4.83. The molecule has 0 radical (unpaired) electrons. The number of esters is 1. The van der Waals surface area contributed by atoms with E-state index >= 15 is 0 Å². The first-order chi connectivity index (χ1) is 9.79. The van der Waals surface area contributed by atoms with Crippen molar-refractivity contribution in [1.82, 2.24) is 0 Å². The second-order valence-corrected chi connectivity index (χ2v) is 4.40. The molecule has 1 aromatic carbocycles. The lowest BCUT2D eigenvalue weighted by Gasteiger charge is -2.17. The number of alkyl halides is 3. The molecule has 1 unspecified atom stereocenters. The fourth-order valence-corrected chi connectivity index (χ4v) is 1.64. The Hall–Kier alpha value is -2.23. The Bertz CT molecular complexity index is 550. The van der Waals surface area contributed by atoms with Crippen LogP contribution in [0.3, 0.4) is 0 Å². The molecule has 1 aromatic rings. The van der Waals surface area contributed by atoms with Gasteiger partial charge in [0.15, 0.2) is 0 Å². The molecule has 0 aromatic heterocycles. The summed E-state index contributed by atoms with van der Waals surface area (Å²) in [7, 11) is 0. The normalized spacial score (nSPS) is 12.4. The molecule has 0 aliphatic heterocycles. The zero-order chi connectivity index (χ0) is 16.0. The standard InChI is InChI=1S/C14H15F3N2O2/c1-3-21-13(20)9(2)8-19-12-6-10(7-18)4-5-11(12)14(15,16)17/h4-6,9,19H,3,8H2,1-2H3. The quantitative estimate of drug-likeness (QED) is 0.848. The van der Waals surface area contributed by atoms with Gasteiger partial charge in [-0.1, -0.05) is 6.92 Å². The molecule has 21 heavy (non-hydrogen) atoms. The SMILES string of the molecule is CCOC(=O)C(C)CNc1cc(C#N)ccc1C(F)(F)F. The first-order valence-corrected chi connectivity index (χ1v) is 6.31. The molecule has 4 nitrogen and oxygen atoms in total. The maximum Gasteiger partial charge on any atom is 0.418 e. The fraction of sp³-hybridized carbons (Fsp3) is 0.429. The largest absolute Gasteiger partial charge is 0.466 e. The highest BCUT2D eigenvalue weighted by atomic mass is 19.4. The number of carbonyl (C=O) groups excluding carboxylic acids is 1. The average molecular weight is 300 g/mol. The summed E-state index contributed by atoms with van der Waals surface area (Å²) in [6.45, 7) is 3.39. The van der Waals surface area contributed by atoms with Crippen LogP contribution in [0.15, 0.2) is 18.2 Å². The molecule has 0 saturated carbocycles. The van der Waals surface area contributed by atoms with E-state index in [-0.39, 0.29) is 24.4 Å². The first kappa shape index (κ1) is 16.8. The predicted molar refractivity (Wildman–Crippen MR) is 70.4 cm³/mol. The zero-order valence-electron chi connectivity index (χ0n) is 11.6. The van der Waals surface area contributed by atoms with Gasteiger partial charge in [-0.05, 0) is 25.1 Å². The van der Waals surface area contributed by atoms with E-state index in [2.05, 4.69) is 5.32 Å². The maximum atomic E-state index is 12.9. The van der Waals surface area contributed by atoms with E-state index in [1.807, 2.05) is 0 Å². The Morgan fingerprint density at radius 2 is 2.14 bits per heavy atom. The predicted octanol–water partition coefficient (Wildman–Crippen LogP) is 3.19. The van der Waals surface area contributed by atoms with E-state index < -0.39 is 23.6 Å². The molecule has 0 amide bonds. The highest BCUT2D eigenvalue weighted by Crippen LogP contribution is 2.35. The number of hydrogen-bond acceptors (Lipinski definition) is 4. The van der Waals surface area contributed by atoms with Crippen molar-refractivity contribution >= 4 is 11.7 Å². The Morgan fingerprint density at radius 1 is 1.48 bits per heavy atom. The zero-order valence-corrected chi connectivity index (χ0v) is 11.6. The smallest absolute Gasteiger partial charge is 0.418 e. The number of nitriles is 1. The number of benzene rings is 1. The molecule has 0 aliphatic carbocycles. The van der Waals surface area contributed by atoms with Crippen molar-refractivity contribution in [3.63, 3.8) is 0 Å². The number of halogens is 3. The van der Waals surface area contributed by atoms with E-state index in [0.29, 0.717) is 0 Å². The van der Waals surface area contributed by atoms with Crippen molar-refractivity contribution in [2.45, 2.75) is 20.0 Å². The highest BCUT2D eigenvalue weighted by Gasteiger charge is 2.33. The molecule has 1 rings (SSSR count). The molecule has 0 bridgehead atoms. The van der Waals surface area contributed by atoms with Crippen LogP contribution in [0.25, 0.3) is 0 Å². The Labute approximate surface area is 120 Å². The second kappa shape index (κ2) is 6.97. The van der Waals surface area contributed by atoms with E-state index in [0.717, 1.165) is 18.2 Å². The third kappa shape index (κ3) is 4.67. The molecular formula is C14H15F3N2O2. The van der Waals surface area contributed by atoms with Crippen LogP contribution in [0.1, 0.15) is 25.0 Å². The van der Waals surface area contributed by atoms with Gasteiger partial charge in [-0.25, -0.2) is 0 Å². The summed E-state index contributed by atoms with van der Waals surface area (Å²) >= 11 is 0. The molecule has 0 fully saturated rings. The summed E-state index contributed by atoms with van der Waals surface area (Å²) in [6.07, 6.45) is -4.54.